The molecule has 1 atom stereocenters. The van der Waals surface area contributed by atoms with Gasteiger partial charge < -0.3 is 14.4 Å². The van der Waals surface area contributed by atoms with Crippen LogP contribution in [0.2, 0.25) is 0 Å². The zero-order valence-electron chi connectivity index (χ0n) is 42.5. The van der Waals surface area contributed by atoms with Crippen LogP contribution in [0.25, 0.3) is 0 Å². The van der Waals surface area contributed by atoms with Crippen molar-refractivity contribution in [3.63, 3.8) is 0 Å². The molecule has 60 heavy (non-hydrogen) atoms. The molecule has 1 aliphatic rings. The third-order valence-corrected chi connectivity index (χ3v) is 12.4. The molecule has 0 aromatic carbocycles. The van der Waals surface area contributed by atoms with E-state index in [1.54, 1.807) is 6.92 Å². The van der Waals surface area contributed by atoms with Gasteiger partial charge >= 0.3 is 5.97 Å². The molecule has 1 rings (SSSR count). The van der Waals surface area contributed by atoms with Crippen LogP contribution < -0.4 is 0 Å². The molecule has 1 fully saturated rings. The SMILES string of the molecule is CCC1CC1.CCCCC(C)CCC.CCCCCCCC(CCCCCCC)OCCCCN(CCCC(=O)OC(CCCCCCC)CCCCCCC)C(C)=O.[U]. The van der Waals surface area contributed by atoms with Crippen LogP contribution in [-0.4, -0.2) is 48.7 Å². The van der Waals surface area contributed by atoms with Crippen molar-refractivity contribution in [3.8, 4) is 0 Å². The molecular weight excluding hydrogens is 965 g/mol. The number of rotatable bonds is 41. The predicted molar refractivity (Wildman–Crippen MR) is 260 cm³/mol. The van der Waals surface area contributed by atoms with Crippen LogP contribution in [0.3, 0.4) is 0 Å². The van der Waals surface area contributed by atoms with Gasteiger partial charge in [0, 0.05) is 64.2 Å². The minimum atomic E-state index is -0.0885. The molecule has 1 saturated carbocycles. The van der Waals surface area contributed by atoms with Crippen molar-refractivity contribution in [1.29, 1.82) is 0 Å². The number of hydrogen-bond acceptors (Lipinski definition) is 4. The minimum Gasteiger partial charge on any atom is -0.462 e. The minimum absolute atomic E-state index is 0. The maximum absolute atomic E-state index is 12.7. The molecule has 0 aliphatic heterocycles. The quantitative estimate of drug-likeness (QED) is 0.0452. The van der Waals surface area contributed by atoms with Gasteiger partial charge in [0.25, 0.3) is 0 Å². The summed E-state index contributed by atoms with van der Waals surface area (Å²) in [5.41, 5.74) is 0. The van der Waals surface area contributed by atoms with E-state index in [4.69, 9.17) is 9.47 Å². The molecule has 5 nitrogen and oxygen atoms in total. The van der Waals surface area contributed by atoms with Gasteiger partial charge in [-0.25, -0.2) is 0 Å². The van der Waals surface area contributed by atoms with Crippen molar-refractivity contribution < 1.29 is 50.2 Å². The molecule has 1 unspecified atom stereocenters. The van der Waals surface area contributed by atoms with Gasteiger partial charge in [-0.1, -0.05) is 222 Å². The Morgan fingerprint density at radius 1 is 0.500 bits per heavy atom. The van der Waals surface area contributed by atoms with E-state index in [1.807, 2.05) is 4.90 Å². The van der Waals surface area contributed by atoms with Gasteiger partial charge in [-0.05, 0) is 69.6 Å². The fourth-order valence-electron chi connectivity index (χ4n) is 7.93. The summed E-state index contributed by atoms with van der Waals surface area (Å²) in [6, 6.07) is 0. The van der Waals surface area contributed by atoms with E-state index in [9.17, 15) is 9.59 Å². The Morgan fingerprint density at radius 3 is 1.32 bits per heavy atom. The topological polar surface area (TPSA) is 55.8 Å². The summed E-state index contributed by atoms with van der Waals surface area (Å²) in [5, 5.41) is 0. The first kappa shape index (κ1) is 64.2. The van der Waals surface area contributed by atoms with Gasteiger partial charge in [0.05, 0.1) is 6.10 Å². The van der Waals surface area contributed by atoms with Crippen molar-refractivity contribution in [1.82, 2.24) is 4.90 Å². The first-order chi connectivity index (χ1) is 28.7. The van der Waals surface area contributed by atoms with Crippen LogP contribution >= 0.6 is 0 Å². The van der Waals surface area contributed by atoms with E-state index < -0.39 is 0 Å². The average molecular weight is 1070 g/mol. The van der Waals surface area contributed by atoms with Gasteiger partial charge in [0.2, 0.25) is 5.91 Å². The summed E-state index contributed by atoms with van der Waals surface area (Å²) in [5.74, 6) is 2.11. The van der Waals surface area contributed by atoms with E-state index in [-0.39, 0.29) is 49.1 Å². The molecular formula is C54H109NO4U. The Kier molecular flexibility index (Phi) is 55.2. The number of carbonyl (C=O) groups excluding carboxylic acids is 2. The number of esters is 1. The fraction of sp³-hybridized carbons (Fsp3) is 0.963. The van der Waals surface area contributed by atoms with Crippen LogP contribution in [0.4, 0.5) is 0 Å². The maximum atomic E-state index is 12.7. The van der Waals surface area contributed by atoms with E-state index in [1.165, 1.54) is 180 Å². The van der Waals surface area contributed by atoms with Gasteiger partial charge in [-0.15, -0.1) is 0 Å². The molecule has 0 heterocycles. The number of nitrogens with zero attached hydrogens (tertiary/aromatic N) is 1. The van der Waals surface area contributed by atoms with E-state index in [2.05, 4.69) is 55.4 Å². The van der Waals surface area contributed by atoms with Crippen molar-refractivity contribution in [2.24, 2.45) is 11.8 Å². The summed E-state index contributed by atoms with van der Waals surface area (Å²) in [6.07, 6.45) is 44.7. The van der Waals surface area contributed by atoms with Crippen molar-refractivity contribution >= 4 is 11.9 Å². The molecule has 0 aromatic heterocycles. The molecule has 1 aliphatic carbocycles. The molecule has 1 amide bonds. The Labute approximate surface area is 401 Å². The van der Waals surface area contributed by atoms with Crippen LogP contribution in [0.1, 0.15) is 293 Å². The summed E-state index contributed by atoms with van der Waals surface area (Å²) in [4.78, 5) is 27.0. The monoisotopic (exact) mass is 1070 g/mol. The van der Waals surface area contributed by atoms with Crippen LogP contribution in [0, 0.1) is 42.9 Å². The third kappa shape index (κ3) is 49.0. The summed E-state index contributed by atoms with van der Waals surface area (Å²) in [7, 11) is 0. The maximum Gasteiger partial charge on any atom is 0.306 e. The molecule has 6 heteroatoms. The van der Waals surface area contributed by atoms with Gasteiger partial charge in [0.15, 0.2) is 0 Å². The standard InChI is InChI=1S/C40H79NO4.C9H20.C5H10.U/c1-6-10-14-18-22-29-38(30-23-19-15-11-7-2)44-36-27-26-34-41(37(5)42)35-28-33-40(43)45-39(31-24-20-16-12-8-3)32-25-21-17-13-9-4;1-4-6-8-9(3)7-5-2;1-2-5-3-4-5;/h38-39H,6-36H2,1-5H3;9H,4-8H2,1-3H3;5H,2-4H2,1H3;. The summed E-state index contributed by atoms with van der Waals surface area (Å²) in [6.45, 7) is 22.0. The second-order valence-corrected chi connectivity index (χ2v) is 18.6. The fourth-order valence-corrected chi connectivity index (χ4v) is 7.93. The molecule has 0 N–H and O–H groups in total. The molecule has 0 bridgehead atoms. The normalized spacial score (nSPS) is 12.7. The van der Waals surface area contributed by atoms with Gasteiger partial charge in [-0.2, -0.15) is 0 Å². The van der Waals surface area contributed by atoms with Crippen LogP contribution in [0.5, 0.6) is 0 Å². The Morgan fingerprint density at radius 2 is 0.933 bits per heavy atom. The zero-order chi connectivity index (χ0) is 44.0. The van der Waals surface area contributed by atoms with Gasteiger partial charge in [-0.3, -0.25) is 9.59 Å². The van der Waals surface area contributed by atoms with E-state index >= 15 is 0 Å². The van der Waals surface area contributed by atoms with E-state index in [0.29, 0.717) is 25.5 Å². The third-order valence-electron chi connectivity index (χ3n) is 12.4. The molecule has 0 aromatic rings. The Bertz CT molecular complexity index is 824. The first-order valence-corrected chi connectivity index (χ1v) is 26.8. The second-order valence-electron chi connectivity index (χ2n) is 18.6. The van der Waals surface area contributed by atoms with Crippen molar-refractivity contribution in [2.45, 2.75) is 306 Å². The Balaban J connectivity index is -0.00000181. The number of ether oxygens (including phenoxy) is 2. The van der Waals surface area contributed by atoms with Gasteiger partial charge in [0.1, 0.15) is 6.10 Å². The predicted octanol–water partition coefficient (Wildman–Crippen LogP) is 17.6. The zero-order valence-corrected chi connectivity index (χ0v) is 46.6. The van der Waals surface area contributed by atoms with Crippen LogP contribution in [0.15, 0.2) is 0 Å². The Hall–Kier alpha value is -0.0481. The molecule has 358 valence electrons. The number of carbonyl (C=O) groups is 2. The number of unbranched alkanes of at least 4 members (excludes halogenated alkanes) is 18. The molecule has 0 saturated heterocycles. The van der Waals surface area contributed by atoms with Crippen molar-refractivity contribution in [2.75, 3.05) is 19.7 Å². The largest absolute Gasteiger partial charge is 0.462 e. The molecule has 0 radical (unpaired) electrons. The summed E-state index contributed by atoms with van der Waals surface area (Å²) >= 11 is 0. The van der Waals surface area contributed by atoms with Crippen molar-refractivity contribution in [3.05, 3.63) is 0 Å². The summed E-state index contributed by atoms with van der Waals surface area (Å²) < 4.78 is 12.4. The number of hydrogen-bond donors (Lipinski definition) is 0. The second kappa shape index (κ2) is 51.6. The average Bonchev–Trinajstić information content (AvgIpc) is 4.07. The number of amides is 1. The molecule has 0 spiro atoms. The van der Waals surface area contributed by atoms with E-state index in [0.717, 1.165) is 63.5 Å². The smallest absolute Gasteiger partial charge is 0.306 e. The first-order valence-electron chi connectivity index (χ1n) is 26.8. The van der Waals surface area contributed by atoms with Crippen LogP contribution in [-0.2, 0) is 19.1 Å².